The molecule has 1 N–H and O–H groups in total. The lowest BCUT2D eigenvalue weighted by atomic mass is 9.86. The molecule has 0 aliphatic heterocycles. The summed E-state index contributed by atoms with van der Waals surface area (Å²) in [5.74, 6) is 0.898. The van der Waals surface area contributed by atoms with Gasteiger partial charge < -0.3 is 0 Å². The first-order valence-corrected chi connectivity index (χ1v) is 4.99. The first kappa shape index (κ1) is 9.72. The summed E-state index contributed by atoms with van der Waals surface area (Å²) >= 11 is 0. The van der Waals surface area contributed by atoms with Gasteiger partial charge in [-0.25, -0.2) is 0 Å². The number of carbonyl (C=O) groups is 1. The number of ketones is 1. The van der Waals surface area contributed by atoms with Crippen LogP contribution < -0.4 is 5.73 Å². The predicted molar refractivity (Wildman–Crippen MR) is 48.8 cm³/mol. The fourth-order valence-electron chi connectivity index (χ4n) is 1.93. The van der Waals surface area contributed by atoms with Crippen molar-refractivity contribution in [3.63, 3.8) is 0 Å². The van der Waals surface area contributed by atoms with Crippen molar-refractivity contribution in [1.29, 1.82) is 0 Å². The van der Waals surface area contributed by atoms with E-state index in [1.807, 2.05) is 0 Å². The summed E-state index contributed by atoms with van der Waals surface area (Å²) in [7, 11) is 0. The minimum atomic E-state index is -0.0211. The highest BCUT2D eigenvalue weighted by molar-refractivity contribution is 5.79. The van der Waals surface area contributed by atoms with Gasteiger partial charge in [0.1, 0.15) is 5.78 Å². The summed E-state index contributed by atoms with van der Waals surface area (Å²) in [4.78, 5) is 10.9. The van der Waals surface area contributed by atoms with Crippen molar-refractivity contribution in [2.24, 2.45) is 5.92 Å². The van der Waals surface area contributed by atoms with E-state index in [4.69, 9.17) is 5.73 Å². The van der Waals surface area contributed by atoms with Crippen molar-refractivity contribution in [2.75, 3.05) is 6.54 Å². The summed E-state index contributed by atoms with van der Waals surface area (Å²) < 4.78 is 0. The van der Waals surface area contributed by atoms with Gasteiger partial charge in [0.15, 0.2) is 0 Å². The summed E-state index contributed by atoms with van der Waals surface area (Å²) in [6, 6.07) is 0. The lowest BCUT2D eigenvalue weighted by Gasteiger charge is -2.20. The molecule has 69 valence electrons. The molecule has 0 aromatic carbocycles. The van der Waals surface area contributed by atoms with Crippen LogP contribution in [0.15, 0.2) is 0 Å². The molecule has 2 nitrogen and oxygen atoms in total. The Labute approximate surface area is 74.5 Å². The zero-order valence-corrected chi connectivity index (χ0v) is 7.64. The molecule has 1 radical (unpaired) electrons. The van der Waals surface area contributed by atoms with Gasteiger partial charge in [-0.2, -0.15) is 0 Å². The third kappa shape index (κ3) is 3.35. The Kier molecular flexibility index (Phi) is 4.30. The number of Topliss-reactive ketones (excluding diaryl/α,β-unsaturated/α-hetero) is 1. The van der Waals surface area contributed by atoms with Crippen LogP contribution in [0.4, 0.5) is 0 Å². The molecule has 0 saturated heterocycles. The molecular weight excluding hydrogens is 150 g/mol. The zero-order chi connectivity index (χ0) is 8.81. The van der Waals surface area contributed by atoms with E-state index in [0.717, 1.165) is 12.3 Å². The first-order chi connectivity index (χ1) is 5.83. The van der Waals surface area contributed by atoms with E-state index in [1.165, 1.54) is 32.1 Å². The SMILES string of the molecule is [NH]CC(=O)CCC1CCCCC1. The van der Waals surface area contributed by atoms with Crippen LogP contribution in [0.1, 0.15) is 44.9 Å². The Balaban J connectivity index is 2.09. The van der Waals surface area contributed by atoms with E-state index >= 15 is 0 Å². The van der Waals surface area contributed by atoms with E-state index in [1.54, 1.807) is 0 Å². The van der Waals surface area contributed by atoms with Crippen LogP contribution in [0.3, 0.4) is 0 Å². The second-order valence-corrected chi connectivity index (χ2v) is 3.76. The summed E-state index contributed by atoms with van der Waals surface area (Å²) in [6.07, 6.45) is 8.38. The Morgan fingerprint density at radius 2 is 1.92 bits per heavy atom. The lowest BCUT2D eigenvalue weighted by Crippen LogP contribution is -2.11. The molecule has 12 heavy (non-hydrogen) atoms. The topological polar surface area (TPSA) is 40.9 Å². The van der Waals surface area contributed by atoms with Crippen molar-refractivity contribution in [3.8, 4) is 0 Å². The molecule has 0 heterocycles. The lowest BCUT2D eigenvalue weighted by molar-refractivity contribution is -0.118. The minimum Gasteiger partial charge on any atom is -0.298 e. The fraction of sp³-hybridized carbons (Fsp3) is 0.900. The molecule has 1 saturated carbocycles. The van der Waals surface area contributed by atoms with Gasteiger partial charge >= 0.3 is 0 Å². The molecule has 0 amide bonds. The average molecular weight is 168 g/mol. The fourth-order valence-corrected chi connectivity index (χ4v) is 1.93. The summed E-state index contributed by atoms with van der Waals surface area (Å²) in [6.45, 7) is -0.0211. The average Bonchev–Trinajstić information content (AvgIpc) is 2.16. The minimum absolute atomic E-state index is 0.0211. The number of hydrogen-bond acceptors (Lipinski definition) is 1. The quantitative estimate of drug-likeness (QED) is 0.634. The maximum absolute atomic E-state index is 10.9. The Bertz CT molecular complexity index is 139. The largest absolute Gasteiger partial charge is 0.298 e. The maximum atomic E-state index is 10.9. The van der Waals surface area contributed by atoms with Gasteiger partial charge in [0.05, 0.1) is 6.54 Å². The molecule has 0 spiro atoms. The van der Waals surface area contributed by atoms with Crippen molar-refractivity contribution in [2.45, 2.75) is 44.9 Å². The van der Waals surface area contributed by atoms with Crippen LogP contribution in [0.25, 0.3) is 0 Å². The van der Waals surface area contributed by atoms with Crippen molar-refractivity contribution in [1.82, 2.24) is 5.73 Å². The smallest absolute Gasteiger partial charge is 0.148 e. The molecule has 1 aliphatic rings. The molecule has 1 aliphatic carbocycles. The second-order valence-electron chi connectivity index (χ2n) is 3.76. The predicted octanol–water partition coefficient (Wildman–Crippen LogP) is 2.20. The van der Waals surface area contributed by atoms with Gasteiger partial charge in [-0.1, -0.05) is 32.1 Å². The van der Waals surface area contributed by atoms with Crippen molar-refractivity contribution in [3.05, 3.63) is 0 Å². The van der Waals surface area contributed by atoms with E-state index in [2.05, 4.69) is 0 Å². The van der Waals surface area contributed by atoms with Crippen molar-refractivity contribution >= 4 is 5.78 Å². The van der Waals surface area contributed by atoms with E-state index in [9.17, 15) is 4.79 Å². The number of rotatable bonds is 4. The molecular formula is C10H18NO. The van der Waals surface area contributed by atoms with Gasteiger partial charge in [0.2, 0.25) is 0 Å². The van der Waals surface area contributed by atoms with Crippen LogP contribution in [0.5, 0.6) is 0 Å². The Morgan fingerprint density at radius 3 is 2.50 bits per heavy atom. The van der Waals surface area contributed by atoms with Gasteiger partial charge in [0, 0.05) is 6.42 Å². The van der Waals surface area contributed by atoms with Gasteiger partial charge in [-0.15, -0.1) is 0 Å². The summed E-state index contributed by atoms with van der Waals surface area (Å²) in [5, 5.41) is 0. The van der Waals surface area contributed by atoms with E-state index in [-0.39, 0.29) is 12.3 Å². The standard InChI is InChI=1S/C10H18NO/c11-8-10(12)7-6-9-4-2-1-3-5-9/h9,11H,1-8H2. The molecule has 1 rings (SSSR count). The van der Waals surface area contributed by atoms with Crippen LogP contribution in [0.2, 0.25) is 0 Å². The van der Waals surface area contributed by atoms with Gasteiger partial charge in [-0.05, 0) is 12.3 Å². The van der Waals surface area contributed by atoms with E-state index in [0.29, 0.717) is 6.42 Å². The van der Waals surface area contributed by atoms with E-state index < -0.39 is 0 Å². The molecule has 0 aromatic heterocycles. The van der Waals surface area contributed by atoms with Crippen LogP contribution in [-0.4, -0.2) is 12.3 Å². The first-order valence-electron chi connectivity index (χ1n) is 4.99. The highest BCUT2D eigenvalue weighted by atomic mass is 16.1. The third-order valence-electron chi connectivity index (χ3n) is 2.75. The second kappa shape index (κ2) is 5.31. The Morgan fingerprint density at radius 1 is 1.25 bits per heavy atom. The van der Waals surface area contributed by atoms with Gasteiger partial charge in [-0.3, -0.25) is 10.5 Å². The number of carbonyl (C=O) groups excluding carboxylic acids is 1. The summed E-state index contributed by atoms with van der Waals surface area (Å²) in [5.41, 5.74) is 6.88. The molecule has 0 bridgehead atoms. The molecule has 0 atom stereocenters. The highest BCUT2D eigenvalue weighted by Crippen LogP contribution is 2.27. The van der Waals surface area contributed by atoms with Crippen LogP contribution in [-0.2, 0) is 4.79 Å². The zero-order valence-electron chi connectivity index (χ0n) is 7.64. The monoisotopic (exact) mass is 168 g/mol. The molecule has 2 heteroatoms. The van der Waals surface area contributed by atoms with Crippen LogP contribution >= 0.6 is 0 Å². The number of nitrogens with one attached hydrogen (secondary N) is 1. The Hall–Kier alpha value is -0.370. The molecule has 1 fully saturated rings. The molecule has 0 unspecified atom stereocenters. The van der Waals surface area contributed by atoms with Crippen molar-refractivity contribution < 1.29 is 4.79 Å². The van der Waals surface area contributed by atoms with Crippen LogP contribution in [0, 0.1) is 5.92 Å². The maximum Gasteiger partial charge on any atom is 0.148 e. The third-order valence-corrected chi connectivity index (χ3v) is 2.75. The highest BCUT2D eigenvalue weighted by Gasteiger charge is 2.13. The van der Waals surface area contributed by atoms with Gasteiger partial charge in [0.25, 0.3) is 0 Å². The number of hydrogen-bond donors (Lipinski definition) is 0. The molecule has 0 aromatic rings. The normalized spacial score (nSPS) is 19.4.